The lowest BCUT2D eigenvalue weighted by molar-refractivity contribution is -0.139. The van der Waals surface area contributed by atoms with Crippen molar-refractivity contribution in [3.63, 3.8) is 0 Å². The first kappa shape index (κ1) is 17.8. The average Bonchev–Trinajstić information content (AvgIpc) is 2.45. The SMILES string of the molecule is COC(=O)[C@@H](Br)C[C@@H](Br)c1cc(OC)c(OC)cc1Br. The van der Waals surface area contributed by atoms with Crippen LogP contribution in [-0.2, 0) is 9.53 Å². The Morgan fingerprint density at radius 1 is 1.15 bits per heavy atom. The molecule has 0 N–H and O–H groups in total. The quantitative estimate of drug-likeness (QED) is 0.457. The first-order valence-corrected chi connectivity index (χ1v) is 8.34. The van der Waals surface area contributed by atoms with Gasteiger partial charge in [0.05, 0.1) is 21.3 Å². The van der Waals surface area contributed by atoms with E-state index in [-0.39, 0.29) is 15.6 Å². The fourth-order valence-electron chi connectivity index (χ4n) is 1.64. The van der Waals surface area contributed by atoms with Gasteiger partial charge < -0.3 is 14.2 Å². The molecule has 0 aliphatic heterocycles. The normalized spacial score (nSPS) is 13.5. The fourth-order valence-corrected chi connectivity index (χ4v) is 4.36. The zero-order chi connectivity index (χ0) is 15.3. The molecule has 0 radical (unpaired) electrons. The van der Waals surface area contributed by atoms with Crippen LogP contribution in [-0.4, -0.2) is 32.1 Å². The Bertz CT molecular complexity index is 479. The highest BCUT2D eigenvalue weighted by atomic mass is 79.9. The molecular formula is C13H15Br3O4. The van der Waals surface area contributed by atoms with E-state index in [1.807, 2.05) is 12.1 Å². The van der Waals surface area contributed by atoms with Crippen molar-refractivity contribution in [1.29, 1.82) is 0 Å². The lowest BCUT2D eigenvalue weighted by atomic mass is 10.1. The highest BCUT2D eigenvalue weighted by Crippen LogP contribution is 2.41. The maximum atomic E-state index is 11.4. The van der Waals surface area contributed by atoms with E-state index in [2.05, 4.69) is 47.8 Å². The maximum absolute atomic E-state index is 11.4. The molecule has 0 saturated carbocycles. The number of halogens is 3. The molecule has 1 aromatic rings. The number of alkyl halides is 2. The minimum atomic E-state index is -0.378. The number of hydrogen-bond donors (Lipinski definition) is 0. The van der Waals surface area contributed by atoms with Crippen LogP contribution in [0.25, 0.3) is 0 Å². The van der Waals surface area contributed by atoms with E-state index in [0.29, 0.717) is 17.9 Å². The Balaban J connectivity index is 2.98. The molecule has 7 heteroatoms. The molecule has 112 valence electrons. The van der Waals surface area contributed by atoms with Gasteiger partial charge in [0, 0.05) is 9.30 Å². The van der Waals surface area contributed by atoms with Crippen LogP contribution in [0.3, 0.4) is 0 Å². The van der Waals surface area contributed by atoms with Gasteiger partial charge in [-0.3, -0.25) is 4.79 Å². The minimum Gasteiger partial charge on any atom is -0.493 e. The topological polar surface area (TPSA) is 44.8 Å². The van der Waals surface area contributed by atoms with Gasteiger partial charge in [0.2, 0.25) is 0 Å². The van der Waals surface area contributed by atoms with Crippen LogP contribution in [0.2, 0.25) is 0 Å². The molecule has 0 bridgehead atoms. The number of ether oxygens (including phenoxy) is 3. The van der Waals surface area contributed by atoms with Gasteiger partial charge in [0.15, 0.2) is 11.5 Å². The summed E-state index contributed by atoms with van der Waals surface area (Å²) in [6.45, 7) is 0. The molecule has 0 fully saturated rings. The number of carbonyl (C=O) groups excluding carboxylic acids is 1. The smallest absolute Gasteiger partial charge is 0.319 e. The van der Waals surface area contributed by atoms with Gasteiger partial charge in [-0.2, -0.15) is 0 Å². The van der Waals surface area contributed by atoms with Crippen LogP contribution in [0, 0.1) is 0 Å². The number of hydrogen-bond acceptors (Lipinski definition) is 4. The summed E-state index contributed by atoms with van der Waals surface area (Å²) < 4.78 is 16.1. The van der Waals surface area contributed by atoms with Crippen LogP contribution in [0.15, 0.2) is 16.6 Å². The molecule has 0 spiro atoms. The highest BCUT2D eigenvalue weighted by Gasteiger charge is 2.23. The average molecular weight is 475 g/mol. The molecule has 1 rings (SSSR count). The van der Waals surface area contributed by atoms with E-state index < -0.39 is 0 Å². The summed E-state index contributed by atoms with van der Waals surface area (Å²) in [5.74, 6) is 0.983. The second-order valence-corrected chi connectivity index (χ2v) is 6.99. The molecule has 0 saturated heterocycles. The van der Waals surface area contributed by atoms with Gasteiger partial charge in [0.25, 0.3) is 0 Å². The summed E-state index contributed by atoms with van der Waals surface area (Å²) >= 11 is 10.4. The van der Waals surface area contributed by atoms with Crippen LogP contribution in [0.1, 0.15) is 16.8 Å². The summed E-state index contributed by atoms with van der Waals surface area (Å²) in [7, 11) is 4.54. The first-order valence-electron chi connectivity index (χ1n) is 5.72. The molecular weight excluding hydrogens is 460 g/mol. The lowest BCUT2D eigenvalue weighted by Crippen LogP contribution is -2.17. The predicted octanol–water partition coefficient (Wildman–Crippen LogP) is 4.23. The van der Waals surface area contributed by atoms with Gasteiger partial charge >= 0.3 is 5.97 Å². The molecule has 0 aliphatic carbocycles. The second-order valence-electron chi connectivity index (χ2n) is 3.92. The van der Waals surface area contributed by atoms with Gasteiger partial charge in [-0.1, -0.05) is 47.8 Å². The van der Waals surface area contributed by atoms with E-state index in [9.17, 15) is 4.79 Å². The van der Waals surface area contributed by atoms with Crippen LogP contribution in [0.5, 0.6) is 11.5 Å². The summed E-state index contributed by atoms with van der Waals surface area (Å²) in [5.41, 5.74) is 0.969. The number of methoxy groups -OCH3 is 3. The van der Waals surface area contributed by atoms with Gasteiger partial charge in [-0.05, 0) is 24.1 Å². The van der Waals surface area contributed by atoms with Crippen molar-refractivity contribution in [3.05, 3.63) is 22.2 Å². The summed E-state index contributed by atoms with van der Waals surface area (Å²) in [4.78, 5) is 11.0. The van der Waals surface area contributed by atoms with E-state index in [1.165, 1.54) is 7.11 Å². The molecule has 0 heterocycles. The molecule has 0 unspecified atom stereocenters. The zero-order valence-corrected chi connectivity index (χ0v) is 16.0. The van der Waals surface area contributed by atoms with Crippen LogP contribution in [0.4, 0.5) is 0 Å². The molecule has 2 atom stereocenters. The van der Waals surface area contributed by atoms with Crippen molar-refractivity contribution in [2.45, 2.75) is 16.1 Å². The third kappa shape index (κ3) is 4.36. The molecule has 1 aromatic carbocycles. The van der Waals surface area contributed by atoms with E-state index in [4.69, 9.17) is 14.2 Å². The summed E-state index contributed by atoms with van der Waals surface area (Å²) in [6, 6.07) is 3.71. The van der Waals surface area contributed by atoms with Crippen molar-refractivity contribution >= 4 is 53.8 Å². The third-order valence-corrected chi connectivity index (χ3v) is 5.01. The first-order chi connectivity index (χ1) is 9.44. The van der Waals surface area contributed by atoms with E-state index in [1.54, 1.807) is 14.2 Å². The predicted molar refractivity (Wildman–Crippen MR) is 88.3 cm³/mol. The van der Waals surface area contributed by atoms with E-state index in [0.717, 1.165) is 10.0 Å². The minimum absolute atomic E-state index is 0.0415. The van der Waals surface area contributed by atoms with Crippen molar-refractivity contribution in [2.24, 2.45) is 0 Å². The Morgan fingerprint density at radius 3 is 2.20 bits per heavy atom. The number of carbonyl (C=O) groups is 1. The highest BCUT2D eigenvalue weighted by molar-refractivity contribution is 9.11. The zero-order valence-electron chi connectivity index (χ0n) is 11.3. The van der Waals surface area contributed by atoms with Crippen LogP contribution < -0.4 is 9.47 Å². The molecule has 4 nitrogen and oxygen atoms in total. The number of rotatable bonds is 6. The fraction of sp³-hybridized carbons (Fsp3) is 0.462. The molecule has 0 amide bonds. The van der Waals surface area contributed by atoms with Crippen molar-refractivity contribution in [3.8, 4) is 11.5 Å². The summed E-state index contributed by atoms with van der Waals surface area (Å²) in [5, 5.41) is 0. The molecule has 20 heavy (non-hydrogen) atoms. The summed E-state index contributed by atoms with van der Waals surface area (Å²) in [6.07, 6.45) is 0.542. The Kier molecular flexibility index (Phi) is 7.33. The number of benzene rings is 1. The van der Waals surface area contributed by atoms with Gasteiger partial charge in [-0.25, -0.2) is 0 Å². The lowest BCUT2D eigenvalue weighted by Gasteiger charge is -2.17. The van der Waals surface area contributed by atoms with Crippen molar-refractivity contribution < 1.29 is 19.0 Å². The Morgan fingerprint density at radius 2 is 1.70 bits per heavy atom. The molecule has 0 aliphatic rings. The Hall–Kier alpha value is -0.270. The third-order valence-electron chi connectivity index (χ3n) is 2.71. The van der Waals surface area contributed by atoms with Gasteiger partial charge in [-0.15, -0.1) is 0 Å². The molecule has 0 aromatic heterocycles. The van der Waals surface area contributed by atoms with Crippen molar-refractivity contribution in [2.75, 3.05) is 21.3 Å². The second kappa shape index (κ2) is 8.24. The number of esters is 1. The Labute approximate surface area is 143 Å². The van der Waals surface area contributed by atoms with Crippen molar-refractivity contribution in [1.82, 2.24) is 0 Å². The van der Waals surface area contributed by atoms with Gasteiger partial charge in [0.1, 0.15) is 4.83 Å². The maximum Gasteiger partial charge on any atom is 0.319 e. The monoisotopic (exact) mass is 472 g/mol. The largest absolute Gasteiger partial charge is 0.493 e. The van der Waals surface area contributed by atoms with E-state index >= 15 is 0 Å². The van der Waals surface area contributed by atoms with Crippen LogP contribution >= 0.6 is 47.8 Å². The standard InChI is InChI=1S/C13H15Br3O4/c1-18-11-4-7(9(15)6-12(11)19-2)8(14)5-10(16)13(17)20-3/h4,6,8,10H,5H2,1-3H3/t8-,10+/m1/s1.